The maximum Gasteiger partial charge on any atom is 0.290 e. The first-order valence-electron chi connectivity index (χ1n) is 8.98. The fraction of sp³-hybridized carbons (Fsp3) is 0.350. The van der Waals surface area contributed by atoms with Gasteiger partial charge in [0.25, 0.3) is 5.91 Å². The molecule has 0 aliphatic carbocycles. The Bertz CT molecular complexity index is 950. The van der Waals surface area contributed by atoms with Gasteiger partial charge in [-0.3, -0.25) is 9.59 Å². The number of likely N-dealkylation sites (N-methyl/N-ethyl adjacent to an activating group) is 1. The lowest BCUT2D eigenvalue weighted by Gasteiger charge is -2.27. The molecule has 1 amide bonds. The number of ketones is 1. The molecule has 28 heavy (non-hydrogen) atoms. The predicted octanol–water partition coefficient (Wildman–Crippen LogP) is 2.14. The van der Waals surface area contributed by atoms with Gasteiger partial charge in [-0.05, 0) is 31.5 Å². The van der Waals surface area contributed by atoms with E-state index in [0.717, 1.165) is 15.5 Å². The molecule has 2 aromatic rings. The van der Waals surface area contributed by atoms with Crippen LogP contribution in [-0.4, -0.2) is 53.9 Å². The van der Waals surface area contributed by atoms with Crippen molar-refractivity contribution in [3.63, 3.8) is 0 Å². The molecule has 3 rings (SSSR count). The van der Waals surface area contributed by atoms with Crippen LogP contribution in [0.3, 0.4) is 0 Å². The molecule has 148 valence electrons. The van der Waals surface area contributed by atoms with E-state index in [1.165, 1.54) is 11.3 Å². The van der Waals surface area contributed by atoms with Gasteiger partial charge in [0, 0.05) is 5.02 Å². The number of carbonyl (C=O) groups excluding carboxylic acids is 2. The van der Waals surface area contributed by atoms with E-state index in [2.05, 4.69) is 4.98 Å². The third-order valence-corrected chi connectivity index (χ3v) is 6.02. The highest BCUT2D eigenvalue weighted by molar-refractivity contribution is 7.14. The van der Waals surface area contributed by atoms with Gasteiger partial charge in [-0.1, -0.05) is 23.7 Å². The number of hydrogen-bond donors (Lipinski definition) is 2. The van der Waals surface area contributed by atoms with E-state index in [-0.39, 0.29) is 11.4 Å². The Morgan fingerprint density at radius 2 is 1.93 bits per heavy atom. The van der Waals surface area contributed by atoms with Crippen molar-refractivity contribution in [1.82, 2.24) is 9.88 Å². The summed E-state index contributed by atoms with van der Waals surface area (Å²) in [5, 5.41) is 12.0. The van der Waals surface area contributed by atoms with Crippen LogP contribution in [0.2, 0.25) is 5.02 Å². The second-order valence-electron chi connectivity index (χ2n) is 7.15. The molecule has 0 saturated carbocycles. The Hall–Kier alpha value is -2.22. The highest BCUT2D eigenvalue weighted by Gasteiger charge is 2.44. The molecule has 1 aliphatic heterocycles. The monoisotopic (exact) mass is 420 g/mol. The number of aliphatic hydroxyl groups is 1. The molecule has 0 radical (unpaired) electrons. The second-order valence-corrected chi connectivity index (χ2v) is 8.79. The first-order chi connectivity index (χ1) is 13.2. The van der Waals surface area contributed by atoms with Crippen LogP contribution < -0.4 is 4.90 Å². The first kappa shape index (κ1) is 20.5. The molecule has 6 nitrogen and oxygen atoms in total. The standard InChI is InChI=1S/C20H22ClN3O3S/c1-11-19(28-12(2)22-11)17(25)15-16(13-5-7-14(21)8-6-13)24(10-9-23(3)4)20(27)18(15)26/h5-8,16,26H,9-10H2,1-4H3/p+1/t16-/m1/s1. The number of hydrogen-bond acceptors (Lipinski definition) is 5. The fourth-order valence-corrected chi connectivity index (χ4v) is 4.32. The van der Waals surface area contributed by atoms with Gasteiger partial charge in [0.15, 0.2) is 5.76 Å². The zero-order valence-corrected chi connectivity index (χ0v) is 17.8. The summed E-state index contributed by atoms with van der Waals surface area (Å²) in [5.74, 6) is -1.36. The predicted molar refractivity (Wildman–Crippen MR) is 109 cm³/mol. The molecule has 1 aromatic carbocycles. The Labute approximate surface area is 173 Å². The van der Waals surface area contributed by atoms with Crippen molar-refractivity contribution in [3.8, 4) is 0 Å². The fourth-order valence-electron chi connectivity index (χ4n) is 3.32. The average molecular weight is 421 g/mol. The summed E-state index contributed by atoms with van der Waals surface area (Å²) < 4.78 is 0. The van der Waals surface area contributed by atoms with E-state index in [1.807, 2.05) is 21.0 Å². The topological polar surface area (TPSA) is 74.9 Å². The highest BCUT2D eigenvalue weighted by Crippen LogP contribution is 2.40. The van der Waals surface area contributed by atoms with Crippen molar-refractivity contribution in [2.45, 2.75) is 19.9 Å². The zero-order chi connectivity index (χ0) is 20.6. The van der Waals surface area contributed by atoms with Crippen LogP contribution in [0.25, 0.3) is 0 Å². The maximum atomic E-state index is 13.3. The van der Waals surface area contributed by atoms with Gasteiger partial charge >= 0.3 is 0 Å². The van der Waals surface area contributed by atoms with Crippen molar-refractivity contribution in [2.75, 3.05) is 27.2 Å². The average Bonchev–Trinajstić information content (AvgIpc) is 3.10. The highest BCUT2D eigenvalue weighted by atomic mass is 35.5. The van der Waals surface area contributed by atoms with E-state index < -0.39 is 17.7 Å². The molecule has 1 atom stereocenters. The summed E-state index contributed by atoms with van der Waals surface area (Å²) in [6.07, 6.45) is 0. The van der Waals surface area contributed by atoms with Gasteiger partial charge in [-0.2, -0.15) is 0 Å². The molecule has 0 unspecified atom stereocenters. The largest absolute Gasteiger partial charge is 0.503 e. The number of quaternary nitrogens is 1. The van der Waals surface area contributed by atoms with Crippen LogP contribution in [-0.2, 0) is 4.79 Å². The molecule has 0 fully saturated rings. The third-order valence-electron chi connectivity index (χ3n) is 4.70. The summed E-state index contributed by atoms with van der Waals surface area (Å²) in [7, 11) is 3.97. The van der Waals surface area contributed by atoms with E-state index in [4.69, 9.17) is 11.6 Å². The summed E-state index contributed by atoms with van der Waals surface area (Å²) >= 11 is 7.29. The van der Waals surface area contributed by atoms with Crippen molar-refractivity contribution in [3.05, 3.63) is 61.8 Å². The van der Waals surface area contributed by atoms with Gasteiger partial charge in [0.2, 0.25) is 5.78 Å². The van der Waals surface area contributed by atoms with Crippen LogP contribution in [0.1, 0.15) is 32.0 Å². The zero-order valence-electron chi connectivity index (χ0n) is 16.2. The summed E-state index contributed by atoms with van der Waals surface area (Å²) in [5.41, 5.74) is 1.44. The van der Waals surface area contributed by atoms with Gasteiger partial charge in [0.05, 0.1) is 54.4 Å². The maximum absolute atomic E-state index is 13.3. The van der Waals surface area contributed by atoms with E-state index in [1.54, 1.807) is 36.1 Å². The molecule has 2 N–H and O–H groups in total. The van der Waals surface area contributed by atoms with Crippen LogP contribution in [0.5, 0.6) is 0 Å². The minimum absolute atomic E-state index is 0.104. The minimum Gasteiger partial charge on any atom is -0.503 e. The quantitative estimate of drug-likeness (QED) is 0.702. The number of aromatic nitrogens is 1. The SMILES string of the molecule is Cc1nc(C)c(C(=O)C2=C(O)C(=O)N(CC[NH+](C)C)[C@@H]2c2ccc(Cl)cc2)s1. The number of halogens is 1. The molecule has 2 heterocycles. The van der Waals surface area contributed by atoms with Crippen LogP contribution in [0.15, 0.2) is 35.6 Å². The lowest BCUT2D eigenvalue weighted by atomic mass is 9.95. The molecule has 1 aromatic heterocycles. The third kappa shape index (κ3) is 3.83. The summed E-state index contributed by atoms with van der Waals surface area (Å²) in [6, 6.07) is 6.35. The molecule has 0 bridgehead atoms. The molecule has 0 spiro atoms. The number of Topliss-reactive ketones (excluding diaryl/α,β-unsaturated/α-hetero) is 1. The number of thiazole rings is 1. The number of benzene rings is 1. The van der Waals surface area contributed by atoms with E-state index in [0.29, 0.717) is 28.7 Å². The normalized spacial score (nSPS) is 17.1. The van der Waals surface area contributed by atoms with Gasteiger partial charge in [0.1, 0.15) is 0 Å². The lowest BCUT2D eigenvalue weighted by Crippen LogP contribution is -3.06. The summed E-state index contributed by atoms with van der Waals surface area (Å²) in [6.45, 7) is 4.68. The number of nitrogens with one attached hydrogen (secondary N) is 1. The van der Waals surface area contributed by atoms with Gasteiger partial charge < -0.3 is 14.9 Å². The number of rotatable bonds is 6. The Morgan fingerprint density at radius 1 is 1.29 bits per heavy atom. The number of aryl methyl sites for hydroxylation is 2. The molecule has 1 aliphatic rings. The van der Waals surface area contributed by atoms with Gasteiger partial charge in [-0.15, -0.1) is 11.3 Å². The van der Waals surface area contributed by atoms with E-state index >= 15 is 0 Å². The number of carbonyl (C=O) groups is 2. The number of nitrogens with zero attached hydrogens (tertiary/aromatic N) is 2. The van der Waals surface area contributed by atoms with Crippen molar-refractivity contribution < 1.29 is 19.6 Å². The van der Waals surface area contributed by atoms with E-state index in [9.17, 15) is 14.7 Å². The van der Waals surface area contributed by atoms with Gasteiger partial charge in [-0.25, -0.2) is 4.98 Å². The minimum atomic E-state index is -0.654. The molecular weight excluding hydrogens is 398 g/mol. The molecule has 8 heteroatoms. The van der Waals surface area contributed by atoms with Crippen LogP contribution in [0.4, 0.5) is 0 Å². The Morgan fingerprint density at radius 3 is 2.46 bits per heavy atom. The number of amides is 1. The molecular formula is C20H23ClN3O3S+. The lowest BCUT2D eigenvalue weighted by molar-refractivity contribution is -0.857. The first-order valence-corrected chi connectivity index (χ1v) is 10.2. The van der Waals surface area contributed by atoms with Crippen molar-refractivity contribution in [1.29, 1.82) is 0 Å². The molecule has 0 saturated heterocycles. The van der Waals surface area contributed by atoms with Crippen LogP contribution >= 0.6 is 22.9 Å². The van der Waals surface area contributed by atoms with Crippen molar-refractivity contribution in [2.24, 2.45) is 0 Å². The Balaban J connectivity index is 2.08. The number of aliphatic hydroxyl groups excluding tert-OH is 1. The van der Waals surface area contributed by atoms with Crippen molar-refractivity contribution >= 4 is 34.6 Å². The summed E-state index contributed by atoms with van der Waals surface area (Å²) in [4.78, 5) is 33.6. The smallest absolute Gasteiger partial charge is 0.290 e. The Kier molecular flexibility index (Phi) is 5.88. The van der Waals surface area contributed by atoms with Crippen LogP contribution in [0, 0.1) is 13.8 Å². The second kappa shape index (κ2) is 8.03.